The second-order valence-electron chi connectivity index (χ2n) is 6.79. The van der Waals surface area contributed by atoms with E-state index < -0.39 is 22.0 Å². The molecule has 0 saturated heterocycles. The zero-order valence-electron chi connectivity index (χ0n) is 16.4. The smallest absolute Gasteiger partial charge is 0.247 e. The highest BCUT2D eigenvalue weighted by molar-refractivity contribution is 7.90. The van der Waals surface area contributed by atoms with Crippen LogP contribution in [0.3, 0.4) is 0 Å². The highest BCUT2D eigenvalue weighted by Gasteiger charge is 2.25. The van der Waals surface area contributed by atoms with Crippen LogP contribution in [-0.2, 0) is 9.84 Å². The average Bonchev–Trinajstić information content (AvgIpc) is 3.18. The highest BCUT2D eigenvalue weighted by Crippen LogP contribution is 2.35. The molecule has 0 aliphatic rings. The number of rotatable bonds is 6. The van der Waals surface area contributed by atoms with Gasteiger partial charge >= 0.3 is 0 Å². The molecule has 156 valence electrons. The summed E-state index contributed by atoms with van der Waals surface area (Å²) >= 11 is 6.23. The van der Waals surface area contributed by atoms with Gasteiger partial charge in [-0.25, -0.2) is 13.3 Å². The van der Waals surface area contributed by atoms with Gasteiger partial charge in [-0.15, -0.1) is 10.2 Å². The van der Waals surface area contributed by atoms with Crippen molar-refractivity contribution in [2.45, 2.75) is 30.9 Å². The first-order chi connectivity index (χ1) is 14.1. The number of aliphatic hydroxyl groups is 1. The van der Waals surface area contributed by atoms with Crippen LogP contribution in [0.15, 0.2) is 45.7 Å². The average molecular weight is 447 g/mol. The molecule has 10 heteroatoms. The van der Waals surface area contributed by atoms with Gasteiger partial charge in [0.25, 0.3) is 0 Å². The van der Waals surface area contributed by atoms with Gasteiger partial charge in [0.2, 0.25) is 17.5 Å². The van der Waals surface area contributed by atoms with Crippen LogP contribution in [0.5, 0.6) is 0 Å². The summed E-state index contributed by atoms with van der Waals surface area (Å²) in [5, 5.41) is 21.8. The Balaban J connectivity index is 1.90. The fourth-order valence-corrected chi connectivity index (χ4v) is 3.63. The van der Waals surface area contributed by atoms with E-state index in [0.29, 0.717) is 27.5 Å². The van der Waals surface area contributed by atoms with Crippen molar-refractivity contribution < 1.29 is 17.9 Å². The number of aromatic nitrogens is 2. The summed E-state index contributed by atoms with van der Waals surface area (Å²) in [4.78, 5) is 3.55. The Kier molecular flexibility index (Phi) is 6.12. The number of benzene rings is 2. The van der Waals surface area contributed by atoms with Crippen molar-refractivity contribution in [2.75, 3.05) is 11.6 Å². The first kappa shape index (κ1) is 21.8. The van der Waals surface area contributed by atoms with Crippen LogP contribution in [0.2, 0.25) is 5.02 Å². The standard InChI is InChI=1S/C20H19ClN4O4S/c1-11-15(9-10-16(22-3)17(11)21)23-18(12(2)26)20-25-24-19(29-20)13-5-7-14(8-6-13)30(4,27)28/h5-10,12,18,23,26H,1-2,4H3/t12-,18+/m0/s1. The number of hydrogen-bond acceptors (Lipinski definition) is 7. The number of anilines is 1. The van der Waals surface area contributed by atoms with Crippen LogP contribution in [0.4, 0.5) is 11.4 Å². The van der Waals surface area contributed by atoms with Crippen molar-refractivity contribution in [3.8, 4) is 11.5 Å². The Morgan fingerprint density at radius 2 is 1.87 bits per heavy atom. The molecule has 0 aliphatic carbocycles. The van der Waals surface area contributed by atoms with Crippen molar-refractivity contribution in [3.05, 3.63) is 64.3 Å². The monoisotopic (exact) mass is 446 g/mol. The zero-order chi connectivity index (χ0) is 22.1. The Bertz CT molecular complexity index is 1210. The third-order valence-corrected chi connectivity index (χ3v) is 6.12. The van der Waals surface area contributed by atoms with Crippen molar-refractivity contribution in [1.29, 1.82) is 0 Å². The van der Waals surface area contributed by atoms with E-state index in [4.69, 9.17) is 22.6 Å². The van der Waals surface area contributed by atoms with Crippen molar-refractivity contribution >= 4 is 32.8 Å². The molecule has 1 heterocycles. The van der Waals surface area contributed by atoms with Gasteiger partial charge in [-0.2, -0.15) is 0 Å². The highest BCUT2D eigenvalue weighted by atomic mass is 35.5. The number of halogens is 1. The molecule has 0 spiro atoms. The van der Waals surface area contributed by atoms with Gasteiger partial charge in [0, 0.05) is 17.5 Å². The molecule has 0 amide bonds. The number of sulfone groups is 1. The summed E-state index contributed by atoms with van der Waals surface area (Å²) in [6.07, 6.45) is 0.245. The van der Waals surface area contributed by atoms with Crippen molar-refractivity contribution in [3.63, 3.8) is 0 Å². The number of hydrogen-bond donors (Lipinski definition) is 2. The van der Waals surface area contributed by atoms with E-state index in [1.54, 1.807) is 38.1 Å². The minimum Gasteiger partial charge on any atom is -0.418 e. The van der Waals surface area contributed by atoms with E-state index in [1.165, 1.54) is 12.1 Å². The molecule has 30 heavy (non-hydrogen) atoms. The Morgan fingerprint density at radius 3 is 2.43 bits per heavy atom. The molecule has 3 aromatic rings. The summed E-state index contributed by atoms with van der Waals surface area (Å²) in [5.74, 6) is 0.340. The fourth-order valence-electron chi connectivity index (χ4n) is 2.79. The van der Waals surface area contributed by atoms with E-state index in [-0.39, 0.29) is 16.7 Å². The Labute approximate surface area is 179 Å². The second kappa shape index (κ2) is 8.44. The molecule has 0 aliphatic heterocycles. The Hall–Kier alpha value is -2.93. The summed E-state index contributed by atoms with van der Waals surface area (Å²) in [5.41, 5.74) is 2.17. The van der Waals surface area contributed by atoms with E-state index in [0.717, 1.165) is 6.26 Å². The predicted molar refractivity (Wildman–Crippen MR) is 113 cm³/mol. The molecule has 3 rings (SSSR count). The van der Waals surface area contributed by atoms with Gasteiger partial charge in [-0.05, 0) is 49.7 Å². The summed E-state index contributed by atoms with van der Waals surface area (Å²) in [6, 6.07) is 8.64. The van der Waals surface area contributed by atoms with Gasteiger partial charge in [0.15, 0.2) is 9.84 Å². The molecular formula is C20H19ClN4O4S. The predicted octanol–water partition coefficient (Wildman–Crippen LogP) is 4.19. The molecule has 8 nitrogen and oxygen atoms in total. The molecule has 0 unspecified atom stereocenters. The van der Waals surface area contributed by atoms with Crippen molar-refractivity contribution in [1.82, 2.24) is 10.2 Å². The topological polar surface area (TPSA) is 110 Å². The lowest BCUT2D eigenvalue weighted by Gasteiger charge is -2.21. The van der Waals surface area contributed by atoms with Crippen LogP contribution in [-0.4, -0.2) is 36.1 Å². The molecule has 2 aromatic carbocycles. The molecule has 2 atom stereocenters. The van der Waals surface area contributed by atoms with Gasteiger partial charge in [-0.1, -0.05) is 17.7 Å². The summed E-state index contributed by atoms with van der Waals surface area (Å²) in [6.45, 7) is 10.5. The van der Waals surface area contributed by atoms with E-state index in [9.17, 15) is 13.5 Å². The van der Waals surface area contributed by atoms with Crippen LogP contribution in [0.1, 0.15) is 24.4 Å². The van der Waals surface area contributed by atoms with Crippen LogP contribution < -0.4 is 5.32 Å². The lowest BCUT2D eigenvalue weighted by atomic mass is 10.1. The van der Waals surface area contributed by atoms with Gasteiger partial charge in [-0.3, -0.25) is 0 Å². The zero-order valence-corrected chi connectivity index (χ0v) is 18.0. The fraction of sp³-hybridized carbons (Fsp3) is 0.250. The number of aliphatic hydroxyl groups excluding tert-OH is 1. The summed E-state index contributed by atoms with van der Waals surface area (Å²) in [7, 11) is -3.31. The van der Waals surface area contributed by atoms with Gasteiger partial charge in [0.1, 0.15) is 6.04 Å². The molecule has 0 radical (unpaired) electrons. The second-order valence-corrected chi connectivity index (χ2v) is 9.18. The molecule has 0 saturated carbocycles. The van der Waals surface area contributed by atoms with Gasteiger partial charge < -0.3 is 14.8 Å². The maximum Gasteiger partial charge on any atom is 0.247 e. The first-order valence-corrected chi connectivity index (χ1v) is 11.1. The normalized spacial score (nSPS) is 13.5. The minimum absolute atomic E-state index is 0.150. The van der Waals surface area contributed by atoms with Gasteiger partial charge in [0.05, 0.1) is 22.6 Å². The minimum atomic E-state index is -3.31. The quantitative estimate of drug-likeness (QED) is 0.546. The number of nitrogens with zero attached hydrogens (tertiary/aromatic N) is 3. The van der Waals surface area contributed by atoms with E-state index >= 15 is 0 Å². The molecular weight excluding hydrogens is 428 g/mol. The Morgan fingerprint density at radius 1 is 1.20 bits per heavy atom. The SMILES string of the molecule is [C-]#[N+]c1ccc(N[C@@H](c2nnc(-c3ccc(S(C)(=O)=O)cc3)o2)[C@H](C)O)c(C)c1Cl. The lowest BCUT2D eigenvalue weighted by Crippen LogP contribution is -2.23. The summed E-state index contributed by atoms with van der Waals surface area (Å²) < 4.78 is 28.9. The largest absolute Gasteiger partial charge is 0.418 e. The molecule has 0 fully saturated rings. The number of nitrogens with one attached hydrogen (secondary N) is 1. The van der Waals surface area contributed by atoms with E-state index in [1.807, 2.05) is 0 Å². The lowest BCUT2D eigenvalue weighted by molar-refractivity contribution is 0.159. The third kappa shape index (κ3) is 4.46. The first-order valence-electron chi connectivity index (χ1n) is 8.87. The molecule has 2 N–H and O–H groups in total. The van der Waals surface area contributed by atoms with E-state index in [2.05, 4.69) is 20.4 Å². The maximum atomic E-state index is 11.6. The van der Waals surface area contributed by atoms with Crippen LogP contribution in [0, 0.1) is 13.5 Å². The third-order valence-electron chi connectivity index (χ3n) is 4.52. The molecule has 1 aromatic heterocycles. The molecule has 0 bridgehead atoms. The van der Waals surface area contributed by atoms with Crippen LogP contribution in [0.25, 0.3) is 16.3 Å². The van der Waals surface area contributed by atoms with Crippen molar-refractivity contribution in [2.24, 2.45) is 0 Å². The maximum absolute atomic E-state index is 11.6. The van der Waals surface area contributed by atoms with Crippen LogP contribution >= 0.6 is 11.6 Å².